The third-order valence-electron chi connectivity index (χ3n) is 5.92. The van der Waals surface area contributed by atoms with Crippen molar-refractivity contribution in [1.82, 2.24) is 15.1 Å². The molecule has 30 heavy (non-hydrogen) atoms. The third kappa shape index (κ3) is 4.57. The summed E-state index contributed by atoms with van der Waals surface area (Å²) in [5, 5.41) is 12.8. The monoisotopic (exact) mass is 434 g/mol. The van der Waals surface area contributed by atoms with E-state index in [1.165, 1.54) is 4.90 Å². The van der Waals surface area contributed by atoms with Gasteiger partial charge < -0.3 is 19.8 Å². The first kappa shape index (κ1) is 22.4. The van der Waals surface area contributed by atoms with E-state index in [9.17, 15) is 19.5 Å². The van der Waals surface area contributed by atoms with Crippen molar-refractivity contribution >= 4 is 35.2 Å². The van der Waals surface area contributed by atoms with Gasteiger partial charge >= 0.3 is 5.97 Å². The van der Waals surface area contributed by atoms with Gasteiger partial charge in [-0.2, -0.15) is 11.8 Å². The highest BCUT2D eigenvalue weighted by atomic mass is 32.2. The van der Waals surface area contributed by atoms with Gasteiger partial charge in [0.15, 0.2) is 0 Å². The number of rotatable bonds is 7. The Bertz CT molecular complexity index is 808. The molecule has 3 rings (SSSR count). The fraction of sp³-hybridized carbons (Fsp3) is 0.571. The maximum absolute atomic E-state index is 13.0. The maximum atomic E-state index is 13.0. The molecular formula is C21H30N4O4S. The molecule has 8 nitrogen and oxygen atoms in total. The molecule has 2 amide bonds. The molecule has 0 saturated carbocycles. The van der Waals surface area contributed by atoms with E-state index in [1.54, 1.807) is 16.7 Å². The van der Waals surface area contributed by atoms with Crippen LogP contribution in [0.25, 0.3) is 0 Å². The van der Waals surface area contributed by atoms with Crippen LogP contribution in [0.1, 0.15) is 29.6 Å². The summed E-state index contributed by atoms with van der Waals surface area (Å²) < 4.78 is 0. The fourth-order valence-electron chi connectivity index (χ4n) is 4.25. The Balaban J connectivity index is 1.73. The molecule has 164 valence electrons. The van der Waals surface area contributed by atoms with Crippen molar-refractivity contribution in [2.75, 3.05) is 50.6 Å². The number of anilines is 1. The van der Waals surface area contributed by atoms with Gasteiger partial charge in [-0.05, 0) is 36.6 Å². The molecule has 1 atom stereocenters. The van der Waals surface area contributed by atoms with Crippen LogP contribution in [0.15, 0.2) is 24.3 Å². The van der Waals surface area contributed by atoms with Crippen molar-refractivity contribution in [3.05, 3.63) is 29.8 Å². The molecule has 2 aliphatic heterocycles. The largest absolute Gasteiger partial charge is 0.480 e. The number of piperidine rings is 1. The summed E-state index contributed by atoms with van der Waals surface area (Å²) in [7, 11) is 3.86. The van der Waals surface area contributed by atoms with Crippen LogP contribution in [-0.4, -0.2) is 90.1 Å². The third-order valence-corrected chi connectivity index (χ3v) is 6.56. The molecule has 1 spiro atoms. The molecule has 2 fully saturated rings. The molecule has 9 heteroatoms. The number of aliphatic carboxylic acids is 1. The van der Waals surface area contributed by atoms with Crippen molar-refractivity contribution in [3.8, 4) is 0 Å². The molecule has 2 heterocycles. The van der Waals surface area contributed by atoms with E-state index in [0.29, 0.717) is 37.9 Å². The first-order chi connectivity index (χ1) is 14.3. The Morgan fingerprint density at radius 3 is 2.60 bits per heavy atom. The van der Waals surface area contributed by atoms with Gasteiger partial charge in [0.25, 0.3) is 5.91 Å². The molecule has 2 saturated heterocycles. The smallest absolute Gasteiger partial charge is 0.323 e. The second-order valence-electron chi connectivity index (χ2n) is 8.07. The summed E-state index contributed by atoms with van der Waals surface area (Å²) in [6.07, 6.45) is 3.68. The minimum absolute atomic E-state index is 0.0402. The van der Waals surface area contributed by atoms with Crippen molar-refractivity contribution < 1.29 is 19.5 Å². The van der Waals surface area contributed by atoms with Gasteiger partial charge in [0, 0.05) is 51.3 Å². The van der Waals surface area contributed by atoms with Gasteiger partial charge in [0.1, 0.15) is 6.54 Å². The van der Waals surface area contributed by atoms with Gasteiger partial charge in [0.05, 0.1) is 11.7 Å². The predicted molar refractivity (Wildman–Crippen MR) is 118 cm³/mol. The summed E-state index contributed by atoms with van der Waals surface area (Å²) in [4.78, 5) is 42.5. The first-order valence-electron chi connectivity index (χ1n) is 10.1. The molecular weight excluding hydrogens is 404 g/mol. The zero-order chi connectivity index (χ0) is 21.9. The number of hydrogen-bond donors (Lipinski definition) is 2. The Morgan fingerprint density at radius 2 is 2.00 bits per heavy atom. The van der Waals surface area contributed by atoms with Gasteiger partial charge in [-0.15, -0.1) is 0 Å². The average molecular weight is 435 g/mol. The van der Waals surface area contributed by atoms with Crippen LogP contribution < -0.4 is 10.2 Å². The van der Waals surface area contributed by atoms with E-state index in [4.69, 9.17) is 0 Å². The molecule has 0 bridgehead atoms. The number of nitrogens with zero attached hydrogens (tertiary/aromatic N) is 3. The summed E-state index contributed by atoms with van der Waals surface area (Å²) in [6.45, 7) is 0.619. The number of benzene rings is 1. The Kier molecular flexibility index (Phi) is 6.92. The lowest BCUT2D eigenvalue weighted by molar-refractivity contribution is -0.147. The van der Waals surface area contributed by atoms with Crippen molar-refractivity contribution in [3.63, 3.8) is 0 Å². The maximum Gasteiger partial charge on any atom is 0.323 e. The van der Waals surface area contributed by atoms with Crippen LogP contribution in [-0.2, 0) is 9.59 Å². The van der Waals surface area contributed by atoms with Crippen LogP contribution in [0, 0.1) is 0 Å². The summed E-state index contributed by atoms with van der Waals surface area (Å²) in [5.41, 5.74) is 0.898. The van der Waals surface area contributed by atoms with E-state index < -0.39 is 11.6 Å². The quantitative estimate of drug-likeness (QED) is 0.669. The number of carbonyl (C=O) groups excluding carboxylic acids is 2. The predicted octanol–water partition coefficient (Wildman–Crippen LogP) is 1.32. The van der Waals surface area contributed by atoms with E-state index in [-0.39, 0.29) is 24.4 Å². The lowest BCUT2D eigenvalue weighted by Gasteiger charge is -2.44. The zero-order valence-electron chi connectivity index (χ0n) is 17.8. The molecule has 2 aliphatic rings. The van der Waals surface area contributed by atoms with Crippen LogP contribution in [0.2, 0.25) is 0 Å². The SMILES string of the molecule is CSCCC1NC2(CCN(C(=O)c3cccc(N(C)C)c3)CC2)N(CC(=O)O)C1=O. The Hall–Kier alpha value is -2.26. The Labute approximate surface area is 181 Å². The van der Waals surface area contributed by atoms with Crippen molar-refractivity contribution in [2.24, 2.45) is 0 Å². The average Bonchev–Trinajstić information content (AvgIpc) is 2.97. The minimum atomic E-state index is -1.02. The molecule has 0 radical (unpaired) electrons. The number of amides is 2. The number of likely N-dealkylation sites (tertiary alicyclic amines) is 1. The molecule has 1 aromatic rings. The van der Waals surface area contributed by atoms with E-state index in [0.717, 1.165) is 11.4 Å². The Morgan fingerprint density at radius 1 is 1.30 bits per heavy atom. The normalized spacial score (nSPS) is 20.6. The molecule has 0 aliphatic carbocycles. The van der Waals surface area contributed by atoms with Gasteiger partial charge in [0.2, 0.25) is 5.91 Å². The number of carboxylic acid groups (broad SMARTS) is 1. The zero-order valence-corrected chi connectivity index (χ0v) is 18.6. The molecule has 1 aromatic carbocycles. The van der Waals surface area contributed by atoms with Gasteiger partial charge in [-0.25, -0.2) is 0 Å². The lowest BCUT2D eigenvalue weighted by Crippen LogP contribution is -2.60. The fourth-order valence-corrected chi connectivity index (χ4v) is 4.72. The number of hydrogen-bond acceptors (Lipinski definition) is 6. The minimum Gasteiger partial charge on any atom is -0.480 e. The van der Waals surface area contributed by atoms with Crippen molar-refractivity contribution in [2.45, 2.75) is 31.0 Å². The second kappa shape index (κ2) is 9.26. The van der Waals surface area contributed by atoms with Gasteiger partial charge in [-0.3, -0.25) is 19.7 Å². The number of nitrogens with one attached hydrogen (secondary N) is 1. The second-order valence-corrected chi connectivity index (χ2v) is 9.05. The van der Waals surface area contributed by atoms with Crippen molar-refractivity contribution in [1.29, 1.82) is 0 Å². The molecule has 1 unspecified atom stereocenters. The van der Waals surface area contributed by atoms with Gasteiger partial charge in [-0.1, -0.05) is 6.07 Å². The van der Waals surface area contributed by atoms with E-state index in [2.05, 4.69) is 5.32 Å². The van der Waals surface area contributed by atoms with E-state index in [1.807, 2.05) is 49.5 Å². The number of carbonyl (C=O) groups is 3. The number of carboxylic acids is 1. The summed E-state index contributed by atoms with van der Waals surface area (Å²) in [6, 6.07) is 7.15. The van der Waals surface area contributed by atoms with Crippen LogP contribution >= 0.6 is 11.8 Å². The highest BCUT2D eigenvalue weighted by molar-refractivity contribution is 7.98. The van der Waals surface area contributed by atoms with E-state index >= 15 is 0 Å². The highest BCUT2D eigenvalue weighted by Gasteiger charge is 2.52. The first-order valence-corrected chi connectivity index (χ1v) is 11.5. The highest BCUT2D eigenvalue weighted by Crippen LogP contribution is 2.34. The standard InChI is InChI=1S/C21H30N4O4S/c1-23(2)16-6-4-5-15(13-16)19(28)24-10-8-21(9-11-24)22-17(7-12-30-3)20(29)25(21)14-18(26)27/h4-6,13,17,22H,7-12,14H2,1-3H3,(H,26,27). The van der Waals surface area contributed by atoms with Crippen LogP contribution in [0.4, 0.5) is 5.69 Å². The summed E-state index contributed by atoms with van der Waals surface area (Å²) in [5.74, 6) is -0.381. The van der Waals surface area contributed by atoms with Crippen LogP contribution in [0.3, 0.4) is 0 Å². The summed E-state index contributed by atoms with van der Waals surface area (Å²) >= 11 is 1.66. The molecule has 2 N–H and O–H groups in total. The lowest BCUT2D eigenvalue weighted by atomic mass is 9.95. The van der Waals surface area contributed by atoms with Crippen LogP contribution in [0.5, 0.6) is 0 Å². The topological polar surface area (TPSA) is 93.2 Å². The molecule has 0 aromatic heterocycles. The number of thioether (sulfide) groups is 1.